The third-order valence-corrected chi connectivity index (χ3v) is 4.37. The molecule has 2 rings (SSSR count). The first-order valence-electron chi connectivity index (χ1n) is 7.52. The number of ether oxygens (including phenoxy) is 2. The smallest absolute Gasteiger partial charge is 0.323 e. The number of hydrogen-bond acceptors (Lipinski definition) is 5. The summed E-state index contributed by atoms with van der Waals surface area (Å²) in [4.78, 5) is 35.6. The molecule has 0 aliphatic heterocycles. The van der Waals surface area contributed by atoms with Gasteiger partial charge in [0.25, 0.3) is 0 Å². The van der Waals surface area contributed by atoms with Crippen LogP contribution in [0.3, 0.4) is 0 Å². The first-order chi connectivity index (χ1) is 11.4. The number of ketones is 1. The second kappa shape index (κ2) is 6.83. The predicted octanol–water partition coefficient (Wildman–Crippen LogP) is 2.96. The second-order valence-corrected chi connectivity index (χ2v) is 5.79. The van der Waals surface area contributed by atoms with Gasteiger partial charge in [-0.05, 0) is 36.5 Å². The molecule has 1 aliphatic rings. The van der Waals surface area contributed by atoms with Crippen LogP contribution in [-0.2, 0) is 19.1 Å². The molecule has 0 unspecified atom stereocenters. The fraction of sp³-hybridized carbons (Fsp3) is 0.316. The van der Waals surface area contributed by atoms with E-state index in [1.165, 1.54) is 21.1 Å². The summed E-state index contributed by atoms with van der Waals surface area (Å²) in [6, 6.07) is 7.06. The van der Waals surface area contributed by atoms with Crippen LogP contribution < -0.4 is 0 Å². The third-order valence-electron chi connectivity index (χ3n) is 4.37. The van der Waals surface area contributed by atoms with Crippen molar-refractivity contribution in [3.63, 3.8) is 0 Å². The van der Waals surface area contributed by atoms with Crippen LogP contribution in [0.2, 0.25) is 0 Å². The molecule has 126 valence electrons. The lowest BCUT2D eigenvalue weighted by Crippen LogP contribution is -2.39. The Morgan fingerprint density at radius 3 is 1.96 bits per heavy atom. The summed E-state index contributed by atoms with van der Waals surface area (Å²) < 4.78 is 9.59. The highest BCUT2D eigenvalue weighted by Crippen LogP contribution is 2.44. The van der Waals surface area contributed by atoms with Crippen LogP contribution >= 0.6 is 0 Å². The normalized spacial score (nSPS) is 15.4. The molecule has 0 N–H and O–H groups in total. The average Bonchev–Trinajstić information content (AvgIpc) is 3.06. The summed E-state index contributed by atoms with van der Waals surface area (Å²) in [6.45, 7) is 5.56. The van der Waals surface area contributed by atoms with E-state index in [0.29, 0.717) is 11.1 Å². The zero-order valence-corrected chi connectivity index (χ0v) is 14.0. The number of methoxy groups -OCH3 is 2. The molecule has 24 heavy (non-hydrogen) atoms. The number of carbonyl (C=O) groups is 3. The van der Waals surface area contributed by atoms with Crippen molar-refractivity contribution in [2.24, 2.45) is 5.41 Å². The Hall–Kier alpha value is -2.69. The summed E-state index contributed by atoms with van der Waals surface area (Å²) in [5.41, 5.74) is 1.60. The van der Waals surface area contributed by atoms with Crippen LogP contribution in [-0.4, -0.2) is 31.9 Å². The monoisotopic (exact) mass is 329 g/mol. The van der Waals surface area contributed by atoms with Crippen LogP contribution in [0.15, 0.2) is 42.5 Å². The van der Waals surface area contributed by atoms with Crippen LogP contribution in [0.25, 0.3) is 5.57 Å². The van der Waals surface area contributed by atoms with E-state index >= 15 is 0 Å². The molecule has 1 aromatic rings. The van der Waals surface area contributed by atoms with Gasteiger partial charge in [-0.2, -0.15) is 0 Å². The van der Waals surface area contributed by atoms with E-state index in [1.807, 2.05) is 6.08 Å². The Bertz CT molecular complexity index is 709. The number of Topliss-reactive ketones (excluding diaryl/α,β-unsaturated/α-hetero) is 1. The van der Waals surface area contributed by atoms with Gasteiger partial charge >= 0.3 is 11.9 Å². The molecule has 0 saturated carbocycles. The minimum Gasteiger partial charge on any atom is -0.468 e. The maximum Gasteiger partial charge on any atom is 0.323 e. The van der Waals surface area contributed by atoms with Crippen LogP contribution in [0.4, 0.5) is 0 Å². The highest BCUT2D eigenvalue weighted by atomic mass is 16.5. The van der Waals surface area contributed by atoms with Crippen molar-refractivity contribution in [1.82, 2.24) is 0 Å². The van der Waals surface area contributed by atoms with E-state index in [-0.39, 0.29) is 18.6 Å². The van der Waals surface area contributed by atoms with Crippen LogP contribution in [0.1, 0.15) is 35.7 Å². The lowest BCUT2D eigenvalue weighted by molar-refractivity contribution is -0.168. The van der Waals surface area contributed by atoms with E-state index in [0.717, 1.165) is 11.1 Å². The molecule has 0 aromatic heterocycles. The number of benzene rings is 1. The Kier molecular flexibility index (Phi) is 5.02. The minimum absolute atomic E-state index is 0.0114. The zero-order valence-electron chi connectivity index (χ0n) is 14.0. The van der Waals surface area contributed by atoms with Crippen molar-refractivity contribution in [3.05, 3.63) is 53.6 Å². The largest absolute Gasteiger partial charge is 0.468 e. The fourth-order valence-corrected chi connectivity index (χ4v) is 2.87. The number of esters is 2. The molecule has 0 heterocycles. The number of rotatable bonds is 5. The SMILES string of the molecule is COC(=O)C1(C(=O)OC)CC=C(C(=[13CH2])c2ccc(C(C)=O)cc2)C1. The van der Waals surface area contributed by atoms with Gasteiger partial charge in [-0.3, -0.25) is 14.4 Å². The van der Waals surface area contributed by atoms with Crippen molar-refractivity contribution >= 4 is 23.3 Å². The van der Waals surface area contributed by atoms with E-state index in [9.17, 15) is 14.4 Å². The fourth-order valence-electron chi connectivity index (χ4n) is 2.87. The Morgan fingerprint density at radius 1 is 1.00 bits per heavy atom. The van der Waals surface area contributed by atoms with E-state index < -0.39 is 17.4 Å². The number of carbonyl (C=O) groups excluding carboxylic acids is 3. The Morgan fingerprint density at radius 2 is 1.50 bits per heavy atom. The van der Waals surface area contributed by atoms with Crippen molar-refractivity contribution in [2.75, 3.05) is 14.2 Å². The topological polar surface area (TPSA) is 69.7 Å². The van der Waals surface area contributed by atoms with Gasteiger partial charge in [-0.25, -0.2) is 0 Å². The quantitative estimate of drug-likeness (QED) is 0.359. The summed E-state index contributed by atoms with van der Waals surface area (Å²) in [7, 11) is 2.50. The highest BCUT2D eigenvalue weighted by Gasteiger charge is 2.51. The van der Waals surface area contributed by atoms with Gasteiger partial charge in [-0.15, -0.1) is 0 Å². The summed E-state index contributed by atoms with van der Waals surface area (Å²) >= 11 is 0. The number of hydrogen-bond donors (Lipinski definition) is 0. The van der Waals surface area contributed by atoms with E-state index in [4.69, 9.17) is 9.47 Å². The lowest BCUT2D eigenvalue weighted by atomic mass is 9.83. The third kappa shape index (κ3) is 3.02. The van der Waals surface area contributed by atoms with Gasteiger partial charge in [0.2, 0.25) is 0 Å². The molecular weight excluding hydrogens is 309 g/mol. The molecular formula is C19H20O5. The van der Waals surface area contributed by atoms with Crippen molar-refractivity contribution in [1.29, 1.82) is 0 Å². The Labute approximate surface area is 141 Å². The lowest BCUT2D eigenvalue weighted by Gasteiger charge is -2.23. The van der Waals surface area contributed by atoms with Crippen molar-refractivity contribution < 1.29 is 23.9 Å². The number of allylic oxidation sites excluding steroid dienone is 3. The van der Waals surface area contributed by atoms with Gasteiger partial charge in [0.05, 0.1) is 14.2 Å². The molecule has 1 aromatic carbocycles. The molecule has 0 bridgehead atoms. The van der Waals surface area contributed by atoms with E-state index in [2.05, 4.69) is 6.58 Å². The van der Waals surface area contributed by atoms with Crippen LogP contribution in [0.5, 0.6) is 0 Å². The van der Waals surface area contributed by atoms with Crippen LogP contribution in [0, 0.1) is 5.41 Å². The van der Waals surface area contributed by atoms with Gasteiger partial charge in [0.15, 0.2) is 11.2 Å². The van der Waals surface area contributed by atoms with Gasteiger partial charge in [0.1, 0.15) is 0 Å². The standard InChI is InChI=1S/C19H20O5/c1-12(14-5-7-15(8-6-14)13(2)20)16-9-10-19(11-16,17(21)23-3)18(22)24-4/h5-9H,1,10-11H2,2-4H3/i1+1. The summed E-state index contributed by atoms with van der Waals surface area (Å²) in [6.07, 6.45) is 2.21. The van der Waals surface area contributed by atoms with E-state index in [1.54, 1.807) is 24.3 Å². The average molecular weight is 329 g/mol. The molecule has 5 heteroatoms. The van der Waals surface area contributed by atoms with Gasteiger partial charge in [0, 0.05) is 5.56 Å². The van der Waals surface area contributed by atoms with Gasteiger partial charge in [-0.1, -0.05) is 36.9 Å². The maximum absolute atomic E-state index is 12.1. The maximum atomic E-state index is 12.1. The molecule has 0 atom stereocenters. The molecule has 0 spiro atoms. The Balaban J connectivity index is 2.24. The highest BCUT2D eigenvalue weighted by molar-refractivity contribution is 6.02. The second-order valence-electron chi connectivity index (χ2n) is 5.79. The summed E-state index contributed by atoms with van der Waals surface area (Å²) in [5.74, 6) is -1.23. The van der Waals surface area contributed by atoms with Crippen molar-refractivity contribution in [2.45, 2.75) is 19.8 Å². The first kappa shape index (κ1) is 17.7. The molecule has 5 nitrogen and oxygen atoms in total. The van der Waals surface area contributed by atoms with Gasteiger partial charge < -0.3 is 9.47 Å². The molecule has 0 amide bonds. The summed E-state index contributed by atoms with van der Waals surface area (Å²) in [5, 5.41) is 0. The minimum atomic E-state index is -1.35. The molecule has 0 fully saturated rings. The van der Waals surface area contributed by atoms with Crippen molar-refractivity contribution in [3.8, 4) is 0 Å². The molecule has 0 saturated heterocycles. The molecule has 0 radical (unpaired) electrons. The predicted molar refractivity (Wildman–Crippen MR) is 89.3 cm³/mol. The first-order valence-corrected chi connectivity index (χ1v) is 7.52. The zero-order chi connectivity index (χ0) is 17.9. The molecule has 1 aliphatic carbocycles.